The highest BCUT2D eigenvalue weighted by atomic mass is 16.5. The molecular weight excluding hydrogens is 386 g/mol. The number of hydrogen-bond acceptors (Lipinski definition) is 6. The first kappa shape index (κ1) is 19.4. The van der Waals surface area contributed by atoms with Gasteiger partial charge in [-0.2, -0.15) is 4.98 Å². The fourth-order valence-electron chi connectivity index (χ4n) is 3.16. The van der Waals surface area contributed by atoms with Crippen molar-refractivity contribution in [1.82, 2.24) is 14.8 Å². The van der Waals surface area contributed by atoms with Gasteiger partial charge in [0.05, 0.1) is 20.1 Å². The predicted octanol–water partition coefficient (Wildman–Crippen LogP) is 2.87. The van der Waals surface area contributed by atoms with Crippen LogP contribution >= 0.6 is 0 Å². The molecular formula is C21H21N5O4. The van der Waals surface area contributed by atoms with Gasteiger partial charge in [-0.3, -0.25) is 14.9 Å². The van der Waals surface area contributed by atoms with Crippen LogP contribution in [-0.4, -0.2) is 40.3 Å². The molecule has 0 spiro atoms. The molecule has 0 bridgehead atoms. The van der Waals surface area contributed by atoms with Crippen LogP contribution in [0.25, 0.3) is 11.4 Å². The lowest BCUT2D eigenvalue weighted by Gasteiger charge is -2.10. The minimum absolute atomic E-state index is 0.0581. The van der Waals surface area contributed by atoms with Crippen LogP contribution in [-0.2, 0) is 9.59 Å². The third-order valence-corrected chi connectivity index (χ3v) is 4.64. The largest absolute Gasteiger partial charge is 0.497 e. The summed E-state index contributed by atoms with van der Waals surface area (Å²) in [6.45, 7) is 2.47. The molecule has 1 aromatic heterocycles. The van der Waals surface area contributed by atoms with E-state index in [1.54, 1.807) is 31.4 Å². The lowest BCUT2D eigenvalue weighted by molar-refractivity contribution is -0.123. The summed E-state index contributed by atoms with van der Waals surface area (Å²) in [5.74, 6) is 1.63. The van der Waals surface area contributed by atoms with Crippen LogP contribution in [0.1, 0.15) is 19.4 Å². The molecule has 2 amide bonds. The van der Waals surface area contributed by atoms with Gasteiger partial charge in [0.2, 0.25) is 11.9 Å². The van der Waals surface area contributed by atoms with Crippen molar-refractivity contribution in [2.24, 2.45) is 0 Å². The molecule has 1 aliphatic heterocycles. The molecule has 0 aliphatic carbocycles. The Kier molecular flexibility index (Phi) is 5.34. The van der Waals surface area contributed by atoms with Gasteiger partial charge < -0.3 is 14.8 Å². The van der Waals surface area contributed by atoms with Crippen molar-refractivity contribution in [3.63, 3.8) is 0 Å². The number of aromatic nitrogens is 3. The molecule has 1 atom stereocenters. The maximum Gasteiger partial charge on any atom is 0.252 e. The number of rotatable bonds is 7. The monoisotopic (exact) mass is 407 g/mol. The number of methoxy groups -OCH3 is 1. The van der Waals surface area contributed by atoms with E-state index in [1.165, 1.54) is 4.68 Å². The number of carbonyl (C=O) groups is 2. The van der Waals surface area contributed by atoms with Gasteiger partial charge in [-0.1, -0.05) is 0 Å². The summed E-state index contributed by atoms with van der Waals surface area (Å²) in [5.41, 5.74) is 1.41. The predicted molar refractivity (Wildman–Crippen MR) is 111 cm³/mol. The zero-order valence-electron chi connectivity index (χ0n) is 16.6. The fourth-order valence-corrected chi connectivity index (χ4v) is 3.16. The van der Waals surface area contributed by atoms with Crippen LogP contribution in [0.5, 0.6) is 11.5 Å². The summed E-state index contributed by atoms with van der Waals surface area (Å²) >= 11 is 0. The summed E-state index contributed by atoms with van der Waals surface area (Å²) in [5, 5.41) is 9.90. The zero-order chi connectivity index (χ0) is 21.1. The molecule has 2 heterocycles. The summed E-state index contributed by atoms with van der Waals surface area (Å²) < 4.78 is 12.0. The highest BCUT2D eigenvalue weighted by molar-refractivity contribution is 6.01. The van der Waals surface area contributed by atoms with E-state index in [0.29, 0.717) is 24.1 Å². The first-order valence-corrected chi connectivity index (χ1v) is 9.52. The normalized spacial score (nSPS) is 14.7. The Labute approximate surface area is 173 Å². The number of hydrogen-bond donors (Lipinski definition) is 2. The van der Waals surface area contributed by atoms with Crippen LogP contribution in [0.2, 0.25) is 0 Å². The first-order valence-electron chi connectivity index (χ1n) is 9.52. The van der Waals surface area contributed by atoms with Crippen molar-refractivity contribution in [3.05, 3.63) is 48.5 Å². The number of fused-ring (bicyclic) bond motifs is 1. The fraction of sp³-hybridized carbons (Fsp3) is 0.238. The lowest BCUT2D eigenvalue weighted by Crippen LogP contribution is -2.23. The summed E-state index contributed by atoms with van der Waals surface area (Å²) in [6.07, 6.45) is -0.0581. The van der Waals surface area contributed by atoms with Crippen molar-refractivity contribution in [2.45, 2.75) is 19.4 Å². The number of anilines is 2. The van der Waals surface area contributed by atoms with Crippen molar-refractivity contribution in [1.29, 1.82) is 0 Å². The molecule has 4 rings (SSSR count). The second kappa shape index (κ2) is 8.24. The SMILES string of the molecule is CCOc1ccc(NC(=O)C[C@@H]2C(=O)Nc3nc(-c4ccc(OC)cc4)nn32)cc1. The van der Waals surface area contributed by atoms with Crippen molar-refractivity contribution < 1.29 is 19.1 Å². The van der Waals surface area contributed by atoms with Crippen LogP contribution in [0, 0.1) is 0 Å². The Balaban J connectivity index is 1.45. The van der Waals surface area contributed by atoms with E-state index in [4.69, 9.17) is 9.47 Å². The average molecular weight is 407 g/mol. The smallest absolute Gasteiger partial charge is 0.252 e. The summed E-state index contributed by atoms with van der Waals surface area (Å²) in [6, 6.07) is 13.6. The summed E-state index contributed by atoms with van der Waals surface area (Å²) in [7, 11) is 1.59. The van der Waals surface area contributed by atoms with Crippen molar-refractivity contribution >= 4 is 23.5 Å². The number of nitrogens with one attached hydrogen (secondary N) is 2. The quantitative estimate of drug-likeness (QED) is 0.624. The van der Waals surface area contributed by atoms with E-state index >= 15 is 0 Å². The molecule has 154 valence electrons. The maximum atomic E-state index is 12.5. The second-order valence-corrected chi connectivity index (χ2v) is 6.65. The van der Waals surface area contributed by atoms with E-state index in [-0.39, 0.29) is 18.2 Å². The van der Waals surface area contributed by atoms with Crippen LogP contribution < -0.4 is 20.1 Å². The van der Waals surface area contributed by atoms with Gasteiger partial charge >= 0.3 is 0 Å². The highest BCUT2D eigenvalue weighted by Crippen LogP contribution is 2.29. The Hall–Kier alpha value is -3.88. The van der Waals surface area contributed by atoms with Crippen LogP contribution in [0.15, 0.2) is 48.5 Å². The topological polar surface area (TPSA) is 107 Å². The molecule has 30 heavy (non-hydrogen) atoms. The number of nitrogens with zero attached hydrogens (tertiary/aromatic N) is 3. The Bertz CT molecular complexity index is 1060. The van der Waals surface area contributed by atoms with Crippen LogP contribution in [0.3, 0.4) is 0 Å². The molecule has 0 unspecified atom stereocenters. The van der Waals surface area contributed by atoms with E-state index in [0.717, 1.165) is 17.1 Å². The molecule has 0 saturated carbocycles. The first-order chi connectivity index (χ1) is 14.6. The van der Waals surface area contributed by atoms with Crippen molar-refractivity contribution in [2.75, 3.05) is 24.4 Å². The number of ether oxygens (including phenoxy) is 2. The minimum Gasteiger partial charge on any atom is -0.497 e. The number of benzene rings is 2. The Morgan fingerprint density at radius 1 is 1.13 bits per heavy atom. The molecule has 0 fully saturated rings. The van der Waals surface area contributed by atoms with E-state index in [1.807, 2.05) is 31.2 Å². The zero-order valence-corrected chi connectivity index (χ0v) is 16.6. The van der Waals surface area contributed by atoms with Gasteiger partial charge in [0.25, 0.3) is 5.91 Å². The van der Waals surface area contributed by atoms with Gasteiger partial charge in [0.15, 0.2) is 5.82 Å². The second-order valence-electron chi connectivity index (χ2n) is 6.65. The highest BCUT2D eigenvalue weighted by Gasteiger charge is 2.35. The van der Waals surface area contributed by atoms with Gasteiger partial charge in [-0.25, -0.2) is 4.68 Å². The van der Waals surface area contributed by atoms with Crippen LogP contribution in [0.4, 0.5) is 11.6 Å². The maximum absolute atomic E-state index is 12.5. The Morgan fingerprint density at radius 2 is 1.83 bits per heavy atom. The van der Waals surface area contributed by atoms with E-state index in [2.05, 4.69) is 20.7 Å². The van der Waals surface area contributed by atoms with Gasteiger partial charge in [0.1, 0.15) is 17.5 Å². The number of carbonyl (C=O) groups excluding carboxylic acids is 2. The molecule has 1 aliphatic rings. The standard InChI is InChI=1S/C21H21N5O4/c1-3-30-16-10-6-14(7-11-16)22-18(27)12-17-20(28)24-21-23-19(25-26(17)21)13-4-8-15(29-2)9-5-13/h4-11,17H,3,12H2,1-2H3,(H,22,27)(H,23,24,25,28)/t17-/m1/s1. The van der Waals surface area contributed by atoms with E-state index in [9.17, 15) is 9.59 Å². The molecule has 2 aromatic carbocycles. The Morgan fingerprint density at radius 3 is 2.50 bits per heavy atom. The van der Waals surface area contributed by atoms with E-state index < -0.39 is 6.04 Å². The minimum atomic E-state index is -0.762. The third-order valence-electron chi connectivity index (χ3n) is 4.64. The van der Waals surface area contributed by atoms with Gasteiger partial charge in [-0.05, 0) is 55.5 Å². The number of amides is 2. The average Bonchev–Trinajstić information content (AvgIpc) is 3.28. The van der Waals surface area contributed by atoms with Gasteiger partial charge in [0, 0.05) is 11.3 Å². The van der Waals surface area contributed by atoms with Crippen molar-refractivity contribution in [3.8, 4) is 22.9 Å². The molecule has 9 heteroatoms. The molecule has 2 N–H and O–H groups in total. The lowest BCUT2D eigenvalue weighted by atomic mass is 10.2. The molecule has 9 nitrogen and oxygen atoms in total. The molecule has 0 radical (unpaired) electrons. The van der Waals surface area contributed by atoms with Gasteiger partial charge in [-0.15, -0.1) is 5.10 Å². The molecule has 0 saturated heterocycles. The summed E-state index contributed by atoms with van der Waals surface area (Å²) in [4.78, 5) is 29.2. The molecule has 3 aromatic rings. The third kappa shape index (κ3) is 3.95.